The summed E-state index contributed by atoms with van der Waals surface area (Å²) in [6.07, 6.45) is -4.12. The molecule has 0 bridgehead atoms. The fourth-order valence-corrected chi connectivity index (χ4v) is 1.72. The molecule has 1 aromatic rings. The molecule has 0 N–H and O–H groups in total. The van der Waals surface area contributed by atoms with Crippen molar-refractivity contribution in [1.82, 2.24) is 0 Å². The van der Waals surface area contributed by atoms with Crippen LogP contribution in [0.3, 0.4) is 0 Å². The summed E-state index contributed by atoms with van der Waals surface area (Å²) in [5, 5.41) is 0. The van der Waals surface area contributed by atoms with Gasteiger partial charge in [-0.2, -0.15) is 13.2 Å². The number of benzene rings is 1. The molecule has 0 unspecified atom stereocenters. The standard InChI is InChI=1S/C10H8BrF3O/c1-2-6-3-4-7(8(11)5-6)9(15)10(12,13)14/h3-5H,2H2,1H3. The van der Waals surface area contributed by atoms with E-state index in [0.29, 0.717) is 6.42 Å². The minimum absolute atomic E-state index is 0.184. The first kappa shape index (κ1) is 12.2. The minimum atomic E-state index is -4.82. The van der Waals surface area contributed by atoms with Crippen molar-refractivity contribution in [2.24, 2.45) is 0 Å². The molecule has 0 saturated heterocycles. The molecule has 0 aliphatic rings. The van der Waals surface area contributed by atoms with Crippen molar-refractivity contribution in [2.45, 2.75) is 19.5 Å². The van der Waals surface area contributed by atoms with Crippen LogP contribution in [0.1, 0.15) is 22.8 Å². The first-order valence-electron chi connectivity index (χ1n) is 4.26. The molecule has 0 atom stereocenters. The Kier molecular flexibility index (Phi) is 3.54. The fraction of sp³-hybridized carbons (Fsp3) is 0.300. The van der Waals surface area contributed by atoms with Crippen molar-refractivity contribution in [3.05, 3.63) is 33.8 Å². The van der Waals surface area contributed by atoms with Crippen LogP contribution < -0.4 is 0 Å². The maximum Gasteiger partial charge on any atom is 0.454 e. The lowest BCUT2D eigenvalue weighted by Crippen LogP contribution is -2.23. The molecule has 0 aliphatic heterocycles. The van der Waals surface area contributed by atoms with Crippen molar-refractivity contribution in [2.75, 3.05) is 0 Å². The average Bonchev–Trinajstić information content (AvgIpc) is 2.15. The van der Waals surface area contributed by atoms with Crippen LogP contribution in [0.15, 0.2) is 22.7 Å². The van der Waals surface area contributed by atoms with Crippen LogP contribution >= 0.6 is 15.9 Å². The van der Waals surface area contributed by atoms with Gasteiger partial charge in [0.25, 0.3) is 5.78 Å². The molecular formula is C10H8BrF3O. The summed E-state index contributed by atoms with van der Waals surface area (Å²) in [6, 6.07) is 4.24. The minimum Gasteiger partial charge on any atom is -0.284 e. The van der Waals surface area contributed by atoms with Gasteiger partial charge in [-0.05, 0) is 24.1 Å². The van der Waals surface area contributed by atoms with Crippen molar-refractivity contribution < 1.29 is 18.0 Å². The van der Waals surface area contributed by atoms with E-state index >= 15 is 0 Å². The highest BCUT2D eigenvalue weighted by Gasteiger charge is 2.40. The Bertz CT molecular complexity index is 385. The summed E-state index contributed by atoms with van der Waals surface area (Å²) in [5.74, 6) is -1.82. The number of aryl methyl sites for hydroxylation is 1. The smallest absolute Gasteiger partial charge is 0.284 e. The van der Waals surface area contributed by atoms with E-state index in [9.17, 15) is 18.0 Å². The Balaban J connectivity index is 3.12. The highest BCUT2D eigenvalue weighted by atomic mass is 79.9. The van der Waals surface area contributed by atoms with Crippen LogP contribution in [0.4, 0.5) is 13.2 Å². The predicted molar refractivity (Wildman–Crippen MR) is 53.9 cm³/mol. The molecule has 1 rings (SSSR count). The molecule has 0 fully saturated rings. The zero-order chi connectivity index (χ0) is 11.6. The number of hydrogen-bond donors (Lipinski definition) is 0. The normalized spacial score (nSPS) is 11.5. The summed E-state index contributed by atoms with van der Waals surface area (Å²) in [7, 11) is 0. The second kappa shape index (κ2) is 4.35. The lowest BCUT2D eigenvalue weighted by atomic mass is 10.1. The van der Waals surface area contributed by atoms with Crippen molar-refractivity contribution in [1.29, 1.82) is 0 Å². The molecular weight excluding hydrogens is 273 g/mol. The van der Waals surface area contributed by atoms with Crippen LogP contribution in [0, 0.1) is 0 Å². The van der Waals surface area contributed by atoms with Gasteiger partial charge in [0.2, 0.25) is 0 Å². The maximum absolute atomic E-state index is 12.1. The Morgan fingerprint density at radius 1 is 1.40 bits per heavy atom. The molecule has 0 spiro atoms. The third-order valence-corrected chi connectivity index (χ3v) is 2.60. The van der Waals surface area contributed by atoms with E-state index < -0.39 is 12.0 Å². The number of rotatable bonds is 2. The average molecular weight is 281 g/mol. The molecule has 82 valence electrons. The highest BCUT2D eigenvalue weighted by molar-refractivity contribution is 9.10. The Morgan fingerprint density at radius 2 is 2.00 bits per heavy atom. The zero-order valence-electron chi connectivity index (χ0n) is 7.86. The van der Waals surface area contributed by atoms with Gasteiger partial charge >= 0.3 is 6.18 Å². The molecule has 0 saturated carbocycles. The van der Waals surface area contributed by atoms with Gasteiger partial charge in [0, 0.05) is 10.0 Å². The quantitative estimate of drug-likeness (QED) is 0.754. The molecule has 5 heteroatoms. The number of ketones is 1. The first-order valence-corrected chi connectivity index (χ1v) is 5.05. The molecule has 15 heavy (non-hydrogen) atoms. The van der Waals surface area contributed by atoms with E-state index in [1.54, 1.807) is 0 Å². The molecule has 0 amide bonds. The summed E-state index contributed by atoms with van der Waals surface area (Å²) in [6.45, 7) is 1.88. The summed E-state index contributed by atoms with van der Waals surface area (Å²) in [5.41, 5.74) is 0.528. The number of carbonyl (C=O) groups is 1. The summed E-state index contributed by atoms with van der Waals surface area (Å²) < 4.78 is 36.6. The Labute approximate surface area is 93.4 Å². The maximum atomic E-state index is 12.1. The van der Waals surface area contributed by atoms with E-state index in [-0.39, 0.29) is 10.0 Å². The van der Waals surface area contributed by atoms with E-state index in [1.165, 1.54) is 18.2 Å². The Morgan fingerprint density at radius 3 is 2.40 bits per heavy atom. The third-order valence-electron chi connectivity index (χ3n) is 1.94. The number of alkyl halides is 3. The van der Waals surface area contributed by atoms with Crippen LogP contribution in [0.5, 0.6) is 0 Å². The van der Waals surface area contributed by atoms with Gasteiger partial charge in [-0.3, -0.25) is 4.79 Å². The Hall–Kier alpha value is -0.840. The van der Waals surface area contributed by atoms with Gasteiger partial charge in [-0.25, -0.2) is 0 Å². The van der Waals surface area contributed by atoms with Gasteiger partial charge in [0.1, 0.15) is 0 Å². The molecule has 1 aromatic carbocycles. The van der Waals surface area contributed by atoms with E-state index in [0.717, 1.165) is 5.56 Å². The third kappa shape index (κ3) is 2.81. The van der Waals surface area contributed by atoms with Crippen molar-refractivity contribution in [3.63, 3.8) is 0 Å². The van der Waals surface area contributed by atoms with Gasteiger partial charge in [0.05, 0.1) is 0 Å². The zero-order valence-corrected chi connectivity index (χ0v) is 9.45. The SMILES string of the molecule is CCc1ccc(C(=O)C(F)(F)F)c(Br)c1. The van der Waals surface area contributed by atoms with Crippen LogP contribution in [-0.2, 0) is 6.42 Å². The van der Waals surface area contributed by atoms with Crippen LogP contribution in [-0.4, -0.2) is 12.0 Å². The topological polar surface area (TPSA) is 17.1 Å². The highest BCUT2D eigenvalue weighted by Crippen LogP contribution is 2.27. The monoisotopic (exact) mass is 280 g/mol. The second-order valence-corrected chi connectivity index (χ2v) is 3.85. The van der Waals surface area contributed by atoms with Gasteiger partial charge < -0.3 is 0 Å². The van der Waals surface area contributed by atoms with E-state index in [4.69, 9.17) is 0 Å². The van der Waals surface area contributed by atoms with E-state index in [1.807, 2.05) is 6.92 Å². The lowest BCUT2D eigenvalue weighted by Gasteiger charge is -2.08. The van der Waals surface area contributed by atoms with E-state index in [2.05, 4.69) is 15.9 Å². The van der Waals surface area contributed by atoms with Crippen LogP contribution in [0.25, 0.3) is 0 Å². The molecule has 0 radical (unpaired) electrons. The lowest BCUT2D eigenvalue weighted by molar-refractivity contribution is -0.0885. The molecule has 1 nitrogen and oxygen atoms in total. The summed E-state index contributed by atoms with van der Waals surface area (Å²) in [4.78, 5) is 10.9. The van der Waals surface area contributed by atoms with Gasteiger partial charge in [0.15, 0.2) is 0 Å². The largest absolute Gasteiger partial charge is 0.454 e. The van der Waals surface area contributed by atoms with Crippen molar-refractivity contribution in [3.8, 4) is 0 Å². The first-order chi connectivity index (χ1) is 6.86. The number of halogens is 4. The second-order valence-electron chi connectivity index (χ2n) is 2.99. The fourth-order valence-electron chi connectivity index (χ4n) is 1.12. The van der Waals surface area contributed by atoms with Crippen molar-refractivity contribution >= 4 is 21.7 Å². The number of hydrogen-bond acceptors (Lipinski definition) is 1. The molecule has 0 aliphatic carbocycles. The van der Waals surface area contributed by atoms with Gasteiger partial charge in [-0.15, -0.1) is 0 Å². The molecule has 0 heterocycles. The molecule has 0 aromatic heterocycles. The summed E-state index contributed by atoms with van der Waals surface area (Å²) >= 11 is 2.96. The predicted octanol–water partition coefficient (Wildman–Crippen LogP) is 3.76. The van der Waals surface area contributed by atoms with Crippen LogP contribution in [0.2, 0.25) is 0 Å². The number of Topliss-reactive ketones (excluding diaryl/α,β-unsaturated/α-hetero) is 1. The van der Waals surface area contributed by atoms with Gasteiger partial charge in [-0.1, -0.05) is 28.9 Å². The number of carbonyl (C=O) groups excluding carboxylic acids is 1.